The van der Waals surface area contributed by atoms with Crippen molar-refractivity contribution in [2.75, 3.05) is 0 Å². The number of nitrogens with zero attached hydrogens (tertiary/aromatic N) is 1. The summed E-state index contributed by atoms with van der Waals surface area (Å²) in [6, 6.07) is 15.8. The zero-order valence-corrected chi connectivity index (χ0v) is 16.9. The smallest absolute Gasteiger partial charge is 0.261 e. The molecule has 152 valence electrons. The van der Waals surface area contributed by atoms with Gasteiger partial charge in [0.2, 0.25) is 0 Å². The number of Topliss-reactive ketones (excluding diaryl/α,β-unsaturated/α-hetero) is 1. The van der Waals surface area contributed by atoms with Crippen molar-refractivity contribution in [2.24, 2.45) is 5.41 Å². The van der Waals surface area contributed by atoms with Crippen LogP contribution in [0.5, 0.6) is 0 Å². The molecule has 1 unspecified atom stereocenters. The van der Waals surface area contributed by atoms with Gasteiger partial charge in [-0.25, -0.2) is 0 Å². The first-order valence-electron chi connectivity index (χ1n) is 9.90. The first kappa shape index (κ1) is 19.8. The van der Waals surface area contributed by atoms with Gasteiger partial charge in [0.25, 0.3) is 11.5 Å². The molecule has 1 amide bonds. The van der Waals surface area contributed by atoms with Crippen LogP contribution in [0.1, 0.15) is 64.0 Å². The van der Waals surface area contributed by atoms with Crippen LogP contribution in [0.3, 0.4) is 0 Å². The summed E-state index contributed by atoms with van der Waals surface area (Å²) >= 11 is 0. The van der Waals surface area contributed by atoms with Gasteiger partial charge in [-0.3, -0.25) is 19.4 Å². The zero-order chi connectivity index (χ0) is 21.3. The van der Waals surface area contributed by atoms with Gasteiger partial charge in [-0.2, -0.15) is 0 Å². The molecule has 1 aliphatic rings. The first-order chi connectivity index (χ1) is 14.3. The fraction of sp³-hybridized carbons (Fsp3) is 0.250. The summed E-state index contributed by atoms with van der Waals surface area (Å²) in [5.74, 6) is -0.605. The maximum atomic E-state index is 13.1. The molecule has 0 aliphatic heterocycles. The monoisotopic (exact) mass is 401 g/mol. The summed E-state index contributed by atoms with van der Waals surface area (Å²) in [7, 11) is 0. The molecule has 2 heterocycles. The summed E-state index contributed by atoms with van der Waals surface area (Å²) in [5, 5.41) is 2.91. The second-order valence-electron chi connectivity index (χ2n) is 8.42. The lowest BCUT2D eigenvalue weighted by Crippen LogP contribution is -2.36. The number of H-pyrrole nitrogens is 1. The lowest BCUT2D eigenvalue weighted by molar-refractivity contribution is 0.0910. The Morgan fingerprint density at radius 2 is 1.80 bits per heavy atom. The number of hydrogen-bond donors (Lipinski definition) is 2. The summed E-state index contributed by atoms with van der Waals surface area (Å²) in [5.41, 5.74) is 1.74. The number of rotatable bonds is 4. The van der Waals surface area contributed by atoms with E-state index in [9.17, 15) is 14.4 Å². The van der Waals surface area contributed by atoms with E-state index < -0.39 is 17.5 Å². The second kappa shape index (κ2) is 7.71. The summed E-state index contributed by atoms with van der Waals surface area (Å²) in [4.78, 5) is 45.5. The van der Waals surface area contributed by atoms with Crippen LogP contribution < -0.4 is 10.9 Å². The van der Waals surface area contributed by atoms with Gasteiger partial charge in [-0.15, -0.1) is 0 Å². The Morgan fingerprint density at radius 3 is 2.50 bits per heavy atom. The summed E-state index contributed by atoms with van der Waals surface area (Å²) in [6.45, 7) is 3.98. The predicted molar refractivity (Wildman–Crippen MR) is 113 cm³/mol. The minimum absolute atomic E-state index is 0.0594. The molecule has 0 saturated heterocycles. The molecule has 1 aliphatic carbocycles. The number of ketones is 1. The van der Waals surface area contributed by atoms with Crippen molar-refractivity contribution in [3.05, 3.63) is 99.2 Å². The van der Waals surface area contributed by atoms with Gasteiger partial charge >= 0.3 is 0 Å². The highest BCUT2D eigenvalue weighted by Crippen LogP contribution is 2.33. The molecule has 0 saturated carbocycles. The van der Waals surface area contributed by atoms with E-state index >= 15 is 0 Å². The molecule has 6 heteroatoms. The fourth-order valence-corrected chi connectivity index (χ4v) is 3.93. The number of amides is 1. The van der Waals surface area contributed by atoms with E-state index in [0.717, 1.165) is 5.56 Å². The molecular formula is C24H23N3O3. The molecule has 1 aromatic carbocycles. The van der Waals surface area contributed by atoms with Gasteiger partial charge in [0.1, 0.15) is 5.56 Å². The van der Waals surface area contributed by atoms with Crippen molar-refractivity contribution in [1.29, 1.82) is 0 Å². The number of aromatic amines is 1. The Labute approximate surface area is 174 Å². The molecule has 0 radical (unpaired) electrons. The van der Waals surface area contributed by atoms with Gasteiger partial charge in [0.05, 0.1) is 11.7 Å². The van der Waals surface area contributed by atoms with Crippen LogP contribution in [0.2, 0.25) is 0 Å². The molecule has 2 N–H and O–H groups in total. The molecule has 1 atom stereocenters. The number of fused-ring (bicyclic) bond motifs is 1. The largest absolute Gasteiger partial charge is 0.339 e. The number of pyridine rings is 2. The van der Waals surface area contributed by atoms with Crippen molar-refractivity contribution >= 4 is 11.7 Å². The van der Waals surface area contributed by atoms with E-state index in [1.54, 1.807) is 12.3 Å². The normalized spacial score (nSPS) is 15.9. The van der Waals surface area contributed by atoms with Crippen molar-refractivity contribution in [3.8, 4) is 0 Å². The van der Waals surface area contributed by atoms with Crippen LogP contribution in [0.15, 0.2) is 65.6 Å². The van der Waals surface area contributed by atoms with E-state index in [-0.39, 0.29) is 16.8 Å². The maximum absolute atomic E-state index is 13.1. The lowest BCUT2D eigenvalue weighted by atomic mass is 9.75. The van der Waals surface area contributed by atoms with Gasteiger partial charge in [-0.05, 0) is 35.6 Å². The van der Waals surface area contributed by atoms with E-state index in [1.807, 2.05) is 56.3 Å². The molecule has 0 bridgehead atoms. The number of hydrogen-bond acceptors (Lipinski definition) is 4. The SMILES string of the molecule is CC1(C)CC(=O)c2cc(C(=O)NC(c3ccccc3)c3ccccn3)c(=O)[nH]c2C1. The Kier molecular flexibility index (Phi) is 5.08. The average Bonchev–Trinajstić information content (AvgIpc) is 2.72. The maximum Gasteiger partial charge on any atom is 0.261 e. The Hall–Kier alpha value is -3.54. The van der Waals surface area contributed by atoms with Crippen LogP contribution in [0.25, 0.3) is 0 Å². The van der Waals surface area contributed by atoms with Crippen LogP contribution in [0, 0.1) is 5.41 Å². The first-order valence-corrected chi connectivity index (χ1v) is 9.90. The van der Waals surface area contributed by atoms with E-state index in [2.05, 4.69) is 15.3 Å². The topological polar surface area (TPSA) is 91.9 Å². The summed E-state index contributed by atoms with van der Waals surface area (Å²) in [6.07, 6.45) is 2.63. The van der Waals surface area contributed by atoms with E-state index in [4.69, 9.17) is 0 Å². The zero-order valence-electron chi connectivity index (χ0n) is 16.9. The Balaban J connectivity index is 1.70. The van der Waals surface area contributed by atoms with Gasteiger partial charge < -0.3 is 10.3 Å². The lowest BCUT2D eigenvalue weighted by Gasteiger charge is -2.29. The molecule has 3 aromatic rings. The van der Waals surface area contributed by atoms with Crippen molar-refractivity contribution in [3.63, 3.8) is 0 Å². The Bertz CT molecular complexity index is 1110. The standard InChI is InChI=1S/C24H23N3O3/c1-24(2)13-19-16(20(28)14-24)12-17(22(29)26-19)23(30)27-21(15-8-4-3-5-9-15)18-10-6-7-11-25-18/h3-12,21H,13-14H2,1-2H3,(H,26,29)(H,27,30). The average molecular weight is 401 g/mol. The van der Waals surface area contributed by atoms with Crippen LogP contribution >= 0.6 is 0 Å². The number of aromatic nitrogens is 2. The number of carbonyl (C=O) groups excluding carboxylic acids is 2. The molecule has 6 nitrogen and oxygen atoms in total. The van der Waals surface area contributed by atoms with Crippen molar-refractivity contribution in [2.45, 2.75) is 32.7 Å². The van der Waals surface area contributed by atoms with Crippen molar-refractivity contribution in [1.82, 2.24) is 15.3 Å². The number of carbonyl (C=O) groups is 2. The highest BCUT2D eigenvalue weighted by molar-refractivity contribution is 6.02. The van der Waals surface area contributed by atoms with Gasteiger partial charge in [-0.1, -0.05) is 50.2 Å². The van der Waals surface area contributed by atoms with E-state index in [0.29, 0.717) is 29.8 Å². The van der Waals surface area contributed by atoms with Crippen LogP contribution in [-0.4, -0.2) is 21.7 Å². The molecule has 0 fully saturated rings. The Morgan fingerprint density at radius 1 is 1.07 bits per heavy atom. The minimum Gasteiger partial charge on any atom is -0.339 e. The third kappa shape index (κ3) is 3.94. The molecule has 4 rings (SSSR count). The third-order valence-corrected chi connectivity index (χ3v) is 5.35. The quantitative estimate of drug-likeness (QED) is 0.700. The van der Waals surface area contributed by atoms with Gasteiger partial charge in [0, 0.05) is 23.9 Å². The minimum atomic E-state index is -0.545. The van der Waals surface area contributed by atoms with Crippen LogP contribution in [-0.2, 0) is 6.42 Å². The highest BCUT2D eigenvalue weighted by atomic mass is 16.2. The second-order valence-corrected chi connectivity index (χ2v) is 8.42. The third-order valence-electron chi connectivity index (χ3n) is 5.35. The van der Waals surface area contributed by atoms with Crippen LogP contribution in [0.4, 0.5) is 0 Å². The fourth-order valence-electron chi connectivity index (χ4n) is 3.93. The molecule has 2 aromatic heterocycles. The van der Waals surface area contributed by atoms with Crippen molar-refractivity contribution < 1.29 is 9.59 Å². The molecular weight excluding hydrogens is 378 g/mol. The number of benzene rings is 1. The molecule has 0 spiro atoms. The highest BCUT2D eigenvalue weighted by Gasteiger charge is 2.33. The number of nitrogens with one attached hydrogen (secondary N) is 2. The summed E-state index contributed by atoms with van der Waals surface area (Å²) < 4.78 is 0. The van der Waals surface area contributed by atoms with E-state index in [1.165, 1.54) is 6.07 Å². The molecule has 30 heavy (non-hydrogen) atoms. The predicted octanol–water partition coefficient (Wildman–Crippen LogP) is 3.44. The van der Waals surface area contributed by atoms with Gasteiger partial charge in [0.15, 0.2) is 5.78 Å².